The second kappa shape index (κ2) is 7.00. The Labute approximate surface area is 95.7 Å². The van der Waals surface area contributed by atoms with Crippen LogP contribution in [0.25, 0.3) is 0 Å². The molecule has 1 unspecified atom stereocenters. The van der Waals surface area contributed by atoms with Gasteiger partial charge in [-0.1, -0.05) is 6.08 Å². The van der Waals surface area contributed by atoms with E-state index in [1.165, 1.54) is 0 Å². The van der Waals surface area contributed by atoms with Crippen molar-refractivity contribution in [2.45, 2.75) is 25.3 Å². The van der Waals surface area contributed by atoms with Gasteiger partial charge in [-0.05, 0) is 19.3 Å². The first kappa shape index (κ1) is 12.7. The molecule has 0 radical (unpaired) electrons. The molecule has 2 amide bonds. The number of carbonyl (C=O) groups is 2. The van der Waals surface area contributed by atoms with E-state index < -0.39 is 0 Å². The summed E-state index contributed by atoms with van der Waals surface area (Å²) in [5, 5.41) is 8.39. The van der Waals surface area contributed by atoms with Crippen molar-refractivity contribution < 1.29 is 9.59 Å². The summed E-state index contributed by atoms with van der Waals surface area (Å²) in [7, 11) is 0. The number of hydrogen-bond acceptors (Lipinski definition) is 3. The van der Waals surface area contributed by atoms with Crippen LogP contribution in [0.4, 0.5) is 0 Å². The van der Waals surface area contributed by atoms with Crippen LogP contribution >= 0.6 is 0 Å². The normalized spacial score (nSPS) is 20.8. The fraction of sp³-hybridized carbons (Fsp3) is 0.636. The third kappa shape index (κ3) is 4.44. The quantitative estimate of drug-likeness (QED) is 0.438. The van der Waals surface area contributed by atoms with Crippen molar-refractivity contribution in [1.29, 1.82) is 0 Å². The second-order valence-electron chi connectivity index (χ2n) is 3.83. The van der Waals surface area contributed by atoms with Crippen LogP contribution in [-0.4, -0.2) is 37.5 Å². The molecule has 1 atom stereocenters. The number of rotatable bonds is 5. The summed E-state index contributed by atoms with van der Waals surface area (Å²) in [4.78, 5) is 23.0. The maximum absolute atomic E-state index is 11.5. The van der Waals surface area contributed by atoms with E-state index in [-0.39, 0.29) is 24.4 Å². The predicted molar refractivity (Wildman–Crippen MR) is 61.9 cm³/mol. The van der Waals surface area contributed by atoms with Crippen molar-refractivity contribution in [2.75, 3.05) is 19.6 Å². The Balaban J connectivity index is 2.30. The van der Waals surface area contributed by atoms with E-state index in [4.69, 9.17) is 0 Å². The molecule has 0 bridgehead atoms. The van der Waals surface area contributed by atoms with Crippen molar-refractivity contribution in [1.82, 2.24) is 16.0 Å². The van der Waals surface area contributed by atoms with Crippen molar-refractivity contribution >= 4 is 11.8 Å². The maximum atomic E-state index is 11.5. The summed E-state index contributed by atoms with van der Waals surface area (Å²) < 4.78 is 0. The zero-order valence-electron chi connectivity index (χ0n) is 9.42. The summed E-state index contributed by atoms with van der Waals surface area (Å²) in [6, 6.07) is -0.375. The van der Waals surface area contributed by atoms with Gasteiger partial charge in [0, 0.05) is 13.1 Å². The van der Waals surface area contributed by atoms with Gasteiger partial charge in [0.1, 0.15) is 6.04 Å². The van der Waals surface area contributed by atoms with Gasteiger partial charge in [-0.3, -0.25) is 9.59 Å². The minimum Gasteiger partial charge on any atom is -0.354 e. The molecule has 0 aromatic heterocycles. The molecule has 1 fully saturated rings. The lowest BCUT2D eigenvalue weighted by Gasteiger charge is -2.15. The number of hydrogen-bond donors (Lipinski definition) is 3. The van der Waals surface area contributed by atoms with E-state index >= 15 is 0 Å². The molecule has 0 aromatic carbocycles. The highest BCUT2D eigenvalue weighted by molar-refractivity contribution is 5.88. The molecule has 16 heavy (non-hydrogen) atoms. The van der Waals surface area contributed by atoms with Gasteiger partial charge in [0.15, 0.2) is 0 Å². The molecule has 1 rings (SSSR count). The van der Waals surface area contributed by atoms with Crippen LogP contribution in [0.2, 0.25) is 0 Å². The third-order valence-corrected chi connectivity index (χ3v) is 2.44. The molecular weight excluding hydrogens is 206 g/mol. The molecule has 0 saturated carbocycles. The molecule has 5 heteroatoms. The van der Waals surface area contributed by atoms with E-state index in [0.29, 0.717) is 13.1 Å². The monoisotopic (exact) mass is 225 g/mol. The fourth-order valence-electron chi connectivity index (χ4n) is 1.61. The zero-order valence-corrected chi connectivity index (χ0v) is 9.42. The molecule has 0 spiro atoms. The number of nitrogens with one attached hydrogen (secondary N) is 3. The molecule has 1 saturated heterocycles. The maximum Gasteiger partial charge on any atom is 0.242 e. The average molecular weight is 225 g/mol. The molecule has 3 N–H and O–H groups in total. The van der Waals surface area contributed by atoms with Crippen molar-refractivity contribution in [3.8, 4) is 0 Å². The van der Waals surface area contributed by atoms with Crippen LogP contribution in [-0.2, 0) is 9.59 Å². The van der Waals surface area contributed by atoms with Gasteiger partial charge in [0.25, 0.3) is 0 Å². The summed E-state index contributed by atoms with van der Waals surface area (Å²) in [6.07, 6.45) is 4.35. The molecular formula is C11H19N3O2. The fourth-order valence-corrected chi connectivity index (χ4v) is 1.61. The predicted octanol–water partition coefficient (Wildman–Crippen LogP) is -0.453. The minimum absolute atomic E-state index is 0.0745. The van der Waals surface area contributed by atoms with E-state index in [1.54, 1.807) is 6.08 Å². The van der Waals surface area contributed by atoms with Gasteiger partial charge in [0.2, 0.25) is 11.8 Å². The Bertz CT molecular complexity index is 266. The van der Waals surface area contributed by atoms with E-state index in [0.717, 1.165) is 19.3 Å². The molecule has 0 aromatic rings. The van der Waals surface area contributed by atoms with Crippen molar-refractivity contribution in [2.24, 2.45) is 0 Å². The molecule has 1 heterocycles. The van der Waals surface area contributed by atoms with Gasteiger partial charge >= 0.3 is 0 Å². The zero-order chi connectivity index (χ0) is 11.8. The van der Waals surface area contributed by atoms with Crippen LogP contribution < -0.4 is 16.0 Å². The minimum atomic E-state index is -0.375. The van der Waals surface area contributed by atoms with Crippen LogP contribution in [0.1, 0.15) is 19.3 Å². The first-order valence-corrected chi connectivity index (χ1v) is 5.62. The Morgan fingerprint density at radius 1 is 1.56 bits per heavy atom. The van der Waals surface area contributed by atoms with Gasteiger partial charge in [-0.25, -0.2) is 0 Å². The van der Waals surface area contributed by atoms with Gasteiger partial charge in [0.05, 0.1) is 6.54 Å². The Hall–Kier alpha value is -1.36. The molecule has 90 valence electrons. The van der Waals surface area contributed by atoms with Crippen LogP contribution in [0.3, 0.4) is 0 Å². The van der Waals surface area contributed by atoms with Crippen molar-refractivity contribution in [3.63, 3.8) is 0 Å². The number of amides is 2. The SMILES string of the molecule is C=CCNCC(=O)NC1CCCCNC1=O. The lowest BCUT2D eigenvalue weighted by molar-refractivity contribution is -0.128. The smallest absolute Gasteiger partial charge is 0.242 e. The largest absolute Gasteiger partial charge is 0.354 e. The van der Waals surface area contributed by atoms with E-state index in [2.05, 4.69) is 22.5 Å². The van der Waals surface area contributed by atoms with Gasteiger partial charge < -0.3 is 16.0 Å². The third-order valence-electron chi connectivity index (χ3n) is 2.44. The van der Waals surface area contributed by atoms with E-state index in [9.17, 15) is 9.59 Å². The second-order valence-corrected chi connectivity index (χ2v) is 3.83. The van der Waals surface area contributed by atoms with Crippen molar-refractivity contribution in [3.05, 3.63) is 12.7 Å². The van der Waals surface area contributed by atoms with Crippen LogP contribution in [0.5, 0.6) is 0 Å². The van der Waals surface area contributed by atoms with Crippen LogP contribution in [0.15, 0.2) is 12.7 Å². The summed E-state index contributed by atoms with van der Waals surface area (Å²) in [6.45, 7) is 5.05. The first-order valence-electron chi connectivity index (χ1n) is 5.62. The lowest BCUT2D eigenvalue weighted by Crippen LogP contribution is -2.48. The Morgan fingerprint density at radius 3 is 3.12 bits per heavy atom. The Morgan fingerprint density at radius 2 is 2.38 bits per heavy atom. The highest BCUT2D eigenvalue weighted by Crippen LogP contribution is 2.04. The lowest BCUT2D eigenvalue weighted by atomic mass is 10.1. The molecule has 0 aliphatic carbocycles. The molecule has 1 aliphatic heterocycles. The van der Waals surface area contributed by atoms with E-state index in [1.807, 2.05) is 0 Å². The molecule has 1 aliphatic rings. The number of carbonyl (C=O) groups excluding carboxylic acids is 2. The summed E-state index contributed by atoms with van der Waals surface area (Å²) in [5.74, 6) is -0.224. The highest BCUT2D eigenvalue weighted by atomic mass is 16.2. The van der Waals surface area contributed by atoms with Gasteiger partial charge in [-0.2, -0.15) is 0 Å². The van der Waals surface area contributed by atoms with Crippen LogP contribution in [0, 0.1) is 0 Å². The first-order chi connectivity index (χ1) is 7.74. The standard InChI is InChI=1S/C11H19N3O2/c1-2-6-12-8-10(15)14-9-5-3-4-7-13-11(9)16/h2,9,12H,1,3-8H2,(H,13,16)(H,14,15). The highest BCUT2D eigenvalue weighted by Gasteiger charge is 2.21. The molecule has 5 nitrogen and oxygen atoms in total. The average Bonchev–Trinajstić information content (AvgIpc) is 2.45. The topological polar surface area (TPSA) is 70.2 Å². The van der Waals surface area contributed by atoms with Gasteiger partial charge in [-0.15, -0.1) is 6.58 Å². The Kier molecular flexibility index (Phi) is 5.56. The summed E-state index contributed by atoms with van der Waals surface area (Å²) >= 11 is 0. The summed E-state index contributed by atoms with van der Waals surface area (Å²) in [5.41, 5.74) is 0.